The van der Waals surface area contributed by atoms with Crippen LogP contribution in [0.5, 0.6) is 11.5 Å². The Labute approximate surface area is 162 Å². The number of carbonyl (C=O) groups excluding carboxylic acids is 1. The maximum atomic E-state index is 12.0. The van der Waals surface area contributed by atoms with Crippen molar-refractivity contribution in [3.05, 3.63) is 59.7 Å². The highest BCUT2D eigenvalue weighted by Gasteiger charge is 2.17. The molecule has 0 aliphatic carbocycles. The van der Waals surface area contributed by atoms with Crippen molar-refractivity contribution in [3.8, 4) is 11.5 Å². The molecular weight excluding hydrogens is 338 g/mol. The summed E-state index contributed by atoms with van der Waals surface area (Å²) in [5.41, 5.74) is 2.43. The fourth-order valence-corrected chi connectivity index (χ4v) is 2.57. The number of ether oxygens (including phenoxy) is 2. The van der Waals surface area contributed by atoms with Crippen molar-refractivity contribution >= 4 is 5.91 Å². The summed E-state index contributed by atoms with van der Waals surface area (Å²) in [6, 6.07) is 15.7. The zero-order valence-corrected chi connectivity index (χ0v) is 17.0. The SMILES string of the molecule is CCC(C)(C)c1ccc(OCC(=O)NCc2ccc(OC(C)C)cc2)cc1. The van der Waals surface area contributed by atoms with E-state index < -0.39 is 0 Å². The summed E-state index contributed by atoms with van der Waals surface area (Å²) in [6.07, 6.45) is 1.22. The normalized spacial score (nSPS) is 11.3. The van der Waals surface area contributed by atoms with Gasteiger partial charge in [0.25, 0.3) is 5.91 Å². The van der Waals surface area contributed by atoms with Gasteiger partial charge in [-0.15, -0.1) is 0 Å². The predicted octanol–water partition coefficient (Wildman–Crippen LogP) is 4.86. The van der Waals surface area contributed by atoms with E-state index in [2.05, 4.69) is 38.2 Å². The Morgan fingerprint density at radius 2 is 1.59 bits per heavy atom. The Morgan fingerprint density at radius 1 is 1.00 bits per heavy atom. The van der Waals surface area contributed by atoms with E-state index in [1.807, 2.05) is 50.2 Å². The molecule has 146 valence electrons. The van der Waals surface area contributed by atoms with Crippen LogP contribution in [0.1, 0.15) is 52.2 Å². The summed E-state index contributed by atoms with van der Waals surface area (Å²) < 4.78 is 11.2. The zero-order valence-electron chi connectivity index (χ0n) is 17.0. The minimum Gasteiger partial charge on any atom is -0.491 e. The van der Waals surface area contributed by atoms with Crippen LogP contribution in [0.3, 0.4) is 0 Å². The van der Waals surface area contributed by atoms with Gasteiger partial charge in [0, 0.05) is 6.54 Å². The molecular formula is C23H31NO3. The van der Waals surface area contributed by atoms with Gasteiger partial charge in [0.05, 0.1) is 6.10 Å². The van der Waals surface area contributed by atoms with E-state index in [1.165, 1.54) is 5.56 Å². The van der Waals surface area contributed by atoms with Crippen LogP contribution < -0.4 is 14.8 Å². The molecule has 0 saturated heterocycles. The minimum atomic E-state index is -0.143. The van der Waals surface area contributed by atoms with Gasteiger partial charge >= 0.3 is 0 Å². The average Bonchev–Trinajstić information content (AvgIpc) is 2.65. The largest absolute Gasteiger partial charge is 0.491 e. The van der Waals surface area contributed by atoms with E-state index in [1.54, 1.807) is 0 Å². The maximum absolute atomic E-state index is 12.0. The average molecular weight is 370 g/mol. The molecule has 27 heavy (non-hydrogen) atoms. The first-order valence-electron chi connectivity index (χ1n) is 9.56. The first-order chi connectivity index (χ1) is 12.8. The van der Waals surface area contributed by atoms with Crippen molar-refractivity contribution in [2.75, 3.05) is 6.61 Å². The van der Waals surface area contributed by atoms with Crippen LogP contribution in [-0.2, 0) is 16.8 Å². The lowest BCUT2D eigenvalue weighted by molar-refractivity contribution is -0.123. The Kier molecular flexibility index (Phi) is 7.28. The van der Waals surface area contributed by atoms with Gasteiger partial charge in [0.2, 0.25) is 0 Å². The smallest absolute Gasteiger partial charge is 0.258 e. The summed E-state index contributed by atoms with van der Waals surface area (Å²) in [4.78, 5) is 12.0. The Hall–Kier alpha value is -2.49. The molecule has 4 heteroatoms. The summed E-state index contributed by atoms with van der Waals surface area (Å²) in [5, 5.41) is 2.87. The summed E-state index contributed by atoms with van der Waals surface area (Å²) in [7, 11) is 0. The fraction of sp³-hybridized carbons (Fsp3) is 0.435. The topological polar surface area (TPSA) is 47.6 Å². The second-order valence-corrected chi connectivity index (χ2v) is 7.64. The molecule has 0 aliphatic rings. The zero-order chi connectivity index (χ0) is 19.9. The van der Waals surface area contributed by atoms with Crippen LogP contribution >= 0.6 is 0 Å². The molecule has 0 aromatic heterocycles. The Balaban J connectivity index is 1.77. The fourth-order valence-electron chi connectivity index (χ4n) is 2.57. The van der Waals surface area contributed by atoms with Crippen molar-refractivity contribution in [1.82, 2.24) is 5.32 Å². The lowest BCUT2D eigenvalue weighted by Crippen LogP contribution is -2.28. The Morgan fingerprint density at radius 3 is 2.15 bits per heavy atom. The van der Waals surface area contributed by atoms with Crippen molar-refractivity contribution in [1.29, 1.82) is 0 Å². The van der Waals surface area contributed by atoms with Gasteiger partial charge < -0.3 is 14.8 Å². The molecule has 0 atom stereocenters. The second kappa shape index (κ2) is 9.45. The summed E-state index contributed by atoms with van der Waals surface area (Å²) >= 11 is 0. The van der Waals surface area contributed by atoms with Gasteiger partial charge in [0.1, 0.15) is 11.5 Å². The van der Waals surface area contributed by atoms with E-state index in [4.69, 9.17) is 9.47 Å². The van der Waals surface area contributed by atoms with Crippen LogP contribution in [0.15, 0.2) is 48.5 Å². The molecule has 0 spiro atoms. The minimum absolute atomic E-state index is 0.00502. The number of amides is 1. The molecule has 4 nitrogen and oxygen atoms in total. The molecule has 0 unspecified atom stereocenters. The summed E-state index contributed by atoms with van der Waals surface area (Å²) in [5.74, 6) is 1.39. The number of benzene rings is 2. The maximum Gasteiger partial charge on any atom is 0.258 e. The number of nitrogens with one attached hydrogen (secondary N) is 1. The lowest BCUT2D eigenvalue weighted by Gasteiger charge is -2.23. The van der Waals surface area contributed by atoms with Crippen molar-refractivity contribution in [2.24, 2.45) is 0 Å². The highest BCUT2D eigenvalue weighted by molar-refractivity contribution is 5.77. The molecule has 2 aromatic carbocycles. The lowest BCUT2D eigenvalue weighted by atomic mass is 9.82. The van der Waals surface area contributed by atoms with Gasteiger partial charge in [-0.2, -0.15) is 0 Å². The van der Waals surface area contributed by atoms with Crippen molar-refractivity contribution < 1.29 is 14.3 Å². The first-order valence-corrected chi connectivity index (χ1v) is 9.56. The molecule has 1 amide bonds. The highest BCUT2D eigenvalue weighted by Crippen LogP contribution is 2.28. The van der Waals surface area contributed by atoms with Gasteiger partial charge in [0.15, 0.2) is 6.61 Å². The third kappa shape index (κ3) is 6.63. The van der Waals surface area contributed by atoms with Crippen LogP contribution in [0.25, 0.3) is 0 Å². The van der Waals surface area contributed by atoms with E-state index in [9.17, 15) is 4.79 Å². The van der Waals surface area contributed by atoms with E-state index in [-0.39, 0.29) is 24.0 Å². The standard InChI is InChI=1S/C23H31NO3/c1-6-23(4,5)19-9-13-20(14-10-19)26-16-22(25)24-15-18-7-11-21(12-8-18)27-17(2)3/h7-14,17H,6,15-16H2,1-5H3,(H,24,25). The molecule has 1 N–H and O–H groups in total. The van der Waals surface area contributed by atoms with Gasteiger partial charge in [-0.1, -0.05) is 45.0 Å². The molecule has 2 rings (SSSR count). The van der Waals surface area contributed by atoms with Gasteiger partial charge in [-0.25, -0.2) is 0 Å². The third-order valence-corrected chi connectivity index (χ3v) is 4.67. The molecule has 0 fully saturated rings. The van der Waals surface area contributed by atoms with Crippen molar-refractivity contribution in [3.63, 3.8) is 0 Å². The van der Waals surface area contributed by atoms with E-state index >= 15 is 0 Å². The first kappa shape index (κ1) is 20.8. The molecule has 0 heterocycles. The molecule has 2 aromatic rings. The molecule has 0 bridgehead atoms. The summed E-state index contributed by atoms with van der Waals surface area (Å²) in [6.45, 7) is 11.1. The van der Waals surface area contributed by atoms with Crippen LogP contribution in [0.2, 0.25) is 0 Å². The third-order valence-electron chi connectivity index (χ3n) is 4.67. The highest BCUT2D eigenvalue weighted by atomic mass is 16.5. The van der Waals surface area contributed by atoms with Crippen LogP contribution in [0.4, 0.5) is 0 Å². The van der Waals surface area contributed by atoms with Crippen molar-refractivity contribution in [2.45, 2.75) is 59.1 Å². The second-order valence-electron chi connectivity index (χ2n) is 7.64. The Bertz CT molecular complexity index is 718. The number of carbonyl (C=O) groups is 1. The molecule has 0 radical (unpaired) electrons. The van der Waals surface area contributed by atoms with Gasteiger partial charge in [-0.05, 0) is 61.1 Å². The predicted molar refractivity (Wildman–Crippen MR) is 109 cm³/mol. The van der Waals surface area contributed by atoms with Gasteiger partial charge in [-0.3, -0.25) is 4.79 Å². The van der Waals surface area contributed by atoms with E-state index in [0.29, 0.717) is 12.3 Å². The quantitative estimate of drug-likeness (QED) is 0.687. The van der Waals surface area contributed by atoms with Crippen LogP contribution in [-0.4, -0.2) is 18.6 Å². The molecule has 0 aliphatic heterocycles. The number of rotatable bonds is 9. The monoisotopic (exact) mass is 369 g/mol. The van der Waals surface area contributed by atoms with Crippen LogP contribution in [0, 0.1) is 0 Å². The van der Waals surface area contributed by atoms with E-state index in [0.717, 1.165) is 17.7 Å². The number of hydrogen-bond acceptors (Lipinski definition) is 3. The number of hydrogen-bond donors (Lipinski definition) is 1. The molecule has 0 saturated carbocycles.